The molecule has 3 heterocycles. The number of nitrogens with zero attached hydrogens (tertiary/aromatic N) is 4. The van der Waals surface area contributed by atoms with Crippen LogP contribution in [0.4, 0.5) is 5.82 Å². The minimum Gasteiger partial charge on any atom is -0.364 e. The molecule has 0 aliphatic rings. The first kappa shape index (κ1) is 20.4. The molecule has 0 amide bonds. The van der Waals surface area contributed by atoms with E-state index in [4.69, 9.17) is 10.1 Å². The first-order valence-electron chi connectivity index (χ1n) is 10.4. The quantitative estimate of drug-likeness (QED) is 0.398. The summed E-state index contributed by atoms with van der Waals surface area (Å²) in [6.07, 6.45) is 3.57. The van der Waals surface area contributed by atoms with Crippen LogP contribution in [0.15, 0.2) is 72.9 Å². The third kappa shape index (κ3) is 3.90. The Bertz CT molecular complexity index is 1420. The van der Waals surface area contributed by atoms with Gasteiger partial charge < -0.3 is 5.32 Å². The average Bonchev–Trinajstić information content (AvgIpc) is 3.40. The summed E-state index contributed by atoms with van der Waals surface area (Å²) in [5.74, 6) is 1.38. The van der Waals surface area contributed by atoms with Crippen molar-refractivity contribution in [2.24, 2.45) is 0 Å². The monoisotopic (exact) mass is 444 g/mol. The third-order valence-corrected chi connectivity index (χ3v) is 6.02. The van der Waals surface area contributed by atoms with E-state index in [2.05, 4.69) is 51.9 Å². The SMILES string of the molecule is Cc1cc2c(CNS(C)=O)cccc2n1-c1nc(NCc2ccccc2)c2cccn2n1. The lowest BCUT2D eigenvalue weighted by atomic mass is 10.1. The van der Waals surface area contributed by atoms with Crippen LogP contribution in [0, 0.1) is 6.92 Å². The normalized spacial score (nSPS) is 12.4. The maximum Gasteiger partial charge on any atom is 0.254 e. The van der Waals surface area contributed by atoms with E-state index >= 15 is 0 Å². The van der Waals surface area contributed by atoms with E-state index in [1.165, 1.54) is 5.56 Å². The van der Waals surface area contributed by atoms with Gasteiger partial charge in [0.1, 0.15) is 5.52 Å². The average molecular weight is 445 g/mol. The molecule has 32 heavy (non-hydrogen) atoms. The van der Waals surface area contributed by atoms with Crippen molar-refractivity contribution < 1.29 is 4.21 Å². The molecule has 5 aromatic rings. The molecular formula is C24H24N6OS. The Labute approximate surface area is 188 Å². The van der Waals surface area contributed by atoms with Crippen LogP contribution in [-0.2, 0) is 24.1 Å². The van der Waals surface area contributed by atoms with Crippen molar-refractivity contribution in [1.82, 2.24) is 23.9 Å². The Morgan fingerprint density at radius 1 is 0.969 bits per heavy atom. The highest BCUT2D eigenvalue weighted by Gasteiger charge is 2.15. The molecule has 3 aromatic heterocycles. The van der Waals surface area contributed by atoms with Gasteiger partial charge in [0.25, 0.3) is 5.95 Å². The second kappa shape index (κ2) is 8.57. The summed E-state index contributed by atoms with van der Waals surface area (Å²) in [7, 11) is -1.07. The third-order valence-electron chi connectivity index (χ3n) is 5.47. The van der Waals surface area contributed by atoms with Crippen molar-refractivity contribution in [1.29, 1.82) is 0 Å². The van der Waals surface area contributed by atoms with Crippen LogP contribution in [-0.4, -0.2) is 29.6 Å². The number of anilines is 1. The van der Waals surface area contributed by atoms with Crippen LogP contribution in [0.1, 0.15) is 16.8 Å². The number of fused-ring (bicyclic) bond motifs is 2. The second-order valence-electron chi connectivity index (χ2n) is 7.68. The van der Waals surface area contributed by atoms with Crippen molar-refractivity contribution in [3.8, 4) is 5.95 Å². The molecular weight excluding hydrogens is 420 g/mol. The van der Waals surface area contributed by atoms with Gasteiger partial charge in [-0.25, -0.2) is 13.4 Å². The number of hydrogen-bond acceptors (Lipinski definition) is 4. The Hall–Kier alpha value is -3.49. The van der Waals surface area contributed by atoms with Gasteiger partial charge in [-0.2, -0.15) is 4.98 Å². The van der Waals surface area contributed by atoms with Crippen LogP contribution in [0.25, 0.3) is 22.4 Å². The van der Waals surface area contributed by atoms with Gasteiger partial charge in [-0.3, -0.25) is 4.57 Å². The maximum absolute atomic E-state index is 11.5. The largest absolute Gasteiger partial charge is 0.364 e. The van der Waals surface area contributed by atoms with Gasteiger partial charge >= 0.3 is 0 Å². The lowest BCUT2D eigenvalue weighted by molar-refractivity contribution is 0.676. The molecule has 2 N–H and O–H groups in total. The van der Waals surface area contributed by atoms with Gasteiger partial charge in [-0.15, -0.1) is 5.10 Å². The van der Waals surface area contributed by atoms with Crippen LogP contribution in [0.3, 0.4) is 0 Å². The molecule has 1 unspecified atom stereocenters. The predicted octanol–water partition coefficient (Wildman–Crippen LogP) is 3.98. The summed E-state index contributed by atoms with van der Waals surface area (Å²) < 4.78 is 18.4. The van der Waals surface area contributed by atoms with Crippen molar-refractivity contribution in [2.45, 2.75) is 20.0 Å². The van der Waals surface area contributed by atoms with Gasteiger partial charge in [-0.1, -0.05) is 42.5 Å². The predicted molar refractivity (Wildman–Crippen MR) is 129 cm³/mol. The molecule has 0 aliphatic carbocycles. The topological polar surface area (TPSA) is 76.2 Å². The Morgan fingerprint density at radius 2 is 1.78 bits per heavy atom. The number of rotatable bonds is 7. The zero-order chi connectivity index (χ0) is 22.1. The lowest BCUT2D eigenvalue weighted by Crippen LogP contribution is -2.15. The van der Waals surface area contributed by atoms with E-state index in [0.717, 1.165) is 33.5 Å². The van der Waals surface area contributed by atoms with E-state index in [0.29, 0.717) is 19.0 Å². The Morgan fingerprint density at radius 3 is 2.59 bits per heavy atom. The van der Waals surface area contributed by atoms with Gasteiger partial charge in [0.05, 0.1) is 16.5 Å². The summed E-state index contributed by atoms with van der Waals surface area (Å²) in [6.45, 7) is 3.26. The first-order valence-corrected chi connectivity index (χ1v) is 12.0. The van der Waals surface area contributed by atoms with Gasteiger partial charge in [0.2, 0.25) is 0 Å². The summed E-state index contributed by atoms with van der Waals surface area (Å²) in [6, 6.07) is 22.5. The van der Waals surface area contributed by atoms with E-state index in [-0.39, 0.29) is 0 Å². The van der Waals surface area contributed by atoms with Crippen LogP contribution >= 0.6 is 0 Å². The lowest BCUT2D eigenvalue weighted by Gasteiger charge is -2.12. The molecule has 162 valence electrons. The summed E-state index contributed by atoms with van der Waals surface area (Å²) in [5.41, 5.74) is 5.25. The van der Waals surface area contributed by atoms with Gasteiger partial charge in [0.15, 0.2) is 5.82 Å². The standard InChI is InChI=1S/C24H24N6OS/c1-17-14-20-19(16-26-32(2)31)10-6-11-21(20)30(17)24-27-23(22-12-7-13-29(22)28-24)25-15-18-8-4-3-5-9-18/h3-14,26H,15-16H2,1-2H3,(H,25,27,28). The molecule has 0 saturated carbocycles. The van der Waals surface area contributed by atoms with E-state index < -0.39 is 11.0 Å². The molecule has 0 saturated heterocycles. The van der Waals surface area contributed by atoms with Crippen molar-refractivity contribution in [3.05, 3.63) is 89.7 Å². The first-order chi connectivity index (χ1) is 15.6. The fourth-order valence-electron chi connectivity index (χ4n) is 3.95. The molecule has 0 radical (unpaired) electrons. The van der Waals surface area contributed by atoms with E-state index in [1.807, 2.05) is 47.1 Å². The maximum atomic E-state index is 11.5. The van der Waals surface area contributed by atoms with Gasteiger partial charge in [-0.05, 0) is 42.3 Å². The fourth-order valence-corrected chi connectivity index (χ4v) is 4.31. The second-order valence-corrected chi connectivity index (χ2v) is 8.88. The minimum absolute atomic E-state index is 0.533. The van der Waals surface area contributed by atoms with Crippen LogP contribution in [0.5, 0.6) is 0 Å². The molecule has 1 atom stereocenters. The molecule has 0 spiro atoms. The minimum atomic E-state index is -1.07. The molecule has 7 nitrogen and oxygen atoms in total. The fraction of sp³-hybridized carbons (Fsp3) is 0.167. The smallest absolute Gasteiger partial charge is 0.254 e. The Balaban J connectivity index is 1.58. The number of nitrogens with one attached hydrogen (secondary N) is 2. The van der Waals surface area contributed by atoms with Crippen LogP contribution in [0.2, 0.25) is 0 Å². The van der Waals surface area contributed by atoms with E-state index in [9.17, 15) is 4.21 Å². The molecule has 0 aliphatic heterocycles. The molecule has 2 aromatic carbocycles. The number of hydrogen-bond donors (Lipinski definition) is 2. The summed E-state index contributed by atoms with van der Waals surface area (Å²) >= 11 is 0. The highest BCUT2D eigenvalue weighted by molar-refractivity contribution is 7.82. The number of benzene rings is 2. The number of aryl methyl sites for hydroxylation is 1. The molecule has 0 bridgehead atoms. The van der Waals surface area contributed by atoms with Crippen molar-refractivity contribution in [3.63, 3.8) is 0 Å². The highest BCUT2D eigenvalue weighted by Crippen LogP contribution is 2.27. The zero-order valence-electron chi connectivity index (χ0n) is 17.9. The highest BCUT2D eigenvalue weighted by atomic mass is 32.2. The van der Waals surface area contributed by atoms with Crippen molar-refractivity contribution >= 4 is 33.2 Å². The Kier molecular flexibility index (Phi) is 5.46. The molecule has 8 heteroatoms. The zero-order valence-corrected chi connectivity index (χ0v) is 18.8. The summed E-state index contributed by atoms with van der Waals surface area (Å²) in [4.78, 5) is 4.90. The van der Waals surface area contributed by atoms with E-state index in [1.54, 1.807) is 6.26 Å². The van der Waals surface area contributed by atoms with Crippen molar-refractivity contribution in [2.75, 3.05) is 11.6 Å². The van der Waals surface area contributed by atoms with Gasteiger partial charge in [0, 0.05) is 36.6 Å². The molecule has 5 rings (SSSR count). The number of aromatic nitrogens is 4. The molecule has 0 fully saturated rings. The van der Waals surface area contributed by atoms with Crippen LogP contribution < -0.4 is 10.0 Å². The summed E-state index contributed by atoms with van der Waals surface area (Å²) in [5, 5.41) is 9.34.